The topological polar surface area (TPSA) is 64.6 Å². The summed E-state index contributed by atoms with van der Waals surface area (Å²) in [6.07, 6.45) is 3.05. The maximum Gasteiger partial charge on any atom is 0.347 e. The SMILES string of the molecule is C[C@@H](OC(=O)[C@@H]1CCCCCN1)C(=O)OCc1ccccc1. The van der Waals surface area contributed by atoms with Crippen LogP contribution in [0.1, 0.15) is 38.2 Å². The van der Waals surface area contributed by atoms with Crippen LogP contribution < -0.4 is 5.32 Å². The van der Waals surface area contributed by atoms with Crippen molar-refractivity contribution in [3.05, 3.63) is 35.9 Å². The third-order valence-electron chi connectivity index (χ3n) is 3.69. The number of nitrogens with one attached hydrogen (secondary N) is 1. The predicted molar refractivity (Wildman–Crippen MR) is 82.1 cm³/mol. The minimum Gasteiger partial charge on any atom is -0.458 e. The smallest absolute Gasteiger partial charge is 0.347 e. The average Bonchev–Trinajstić information content (AvgIpc) is 2.82. The van der Waals surface area contributed by atoms with E-state index in [4.69, 9.17) is 9.47 Å². The molecular weight excluding hydrogens is 282 g/mol. The highest BCUT2D eigenvalue weighted by Crippen LogP contribution is 2.11. The van der Waals surface area contributed by atoms with E-state index < -0.39 is 12.1 Å². The first kappa shape index (κ1) is 16.5. The molecule has 1 heterocycles. The van der Waals surface area contributed by atoms with Crippen molar-refractivity contribution < 1.29 is 19.1 Å². The standard InChI is InChI=1S/C17H23NO4/c1-13(16(19)21-12-14-8-4-2-5-9-14)22-17(20)15-10-6-3-7-11-18-15/h2,4-5,8-9,13,15,18H,3,6-7,10-12H2,1H3/t13-,15+/m1/s1. The van der Waals surface area contributed by atoms with Crippen molar-refractivity contribution in [1.82, 2.24) is 5.32 Å². The van der Waals surface area contributed by atoms with E-state index in [1.165, 1.54) is 0 Å². The van der Waals surface area contributed by atoms with Crippen LogP contribution in [0.3, 0.4) is 0 Å². The van der Waals surface area contributed by atoms with Gasteiger partial charge in [0.2, 0.25) is 0 Å². The number of esters is 2. The molecule has 0 aromatic heterocycles. The first-order valence-electron chi connectivity index (χ1n) is 7.81. The summed E-state index contributed by atoms with van der Waals surface area (Å²) in [5, 5.41) is 3.16. The molecule has 1 N–H and O–H groups in total. The van der Waals surface area contributed by atoms with Gasteiger partial charge >= 0.3 is 11.9 Å². The molecule has 0 radical (unpaired) electrons. The van der Waals surface area contributed by atoms with Gasteiger partial charge in [-0.1, -0.05) is 43.2 Å². The Morgan fingerprint density at radius 3 is 2.77 bits per heavy atom. The molecule has 1 saturated heterocycles. The van der Waals surface area contributed by atoms with E-state index in [1.807, 2.05) is 30.3 Å². The summed E-state index contributed by atoms with van der Waals surface area (Å²) in [4.78, 5) is 23.9. The van der Waals surface area contributed by atoms with E-state index in [0.717, 1.165) is 37.8 Å². The third kappa shape index (κ3) is 5.15. The lowest BCUT2D eigenvalue weighted by molar-refractivity contribution is -0.168. The van der Waals surface area contributed by atoms with E-state index in [-0.39, 0.29) is 18.6 Å². The summed E-state index contributed by atoms with van der Waals surface area (Å²) >= 11 is 0. The van der Waals surface area contributed by atoms with E-state index >= 15 is 0 Å². The highest BCUT2D eigenvalue weighted by atomic mass is 16.6. The van der Waals surface area contributed by atoms with Crippen molar-refractivity contribution in [3.8, 4) is 0 Å². The first-order valence-corrected chi connectivity index (χ1v) is 7.81. The maximum absolute atomic E-state index is 12.0. The minimum atomic E-state index is -0.888. The molecule has 1 aliphatic heterocycles. The van der Waals surface area contributed by atoms with Gasteiger partial charge in [-0.2, -0.15) is 0 Å². The van der Waals surface area contributed by atoms with Gasteiger partial charge in [-0.3, -0.25) is 4.79 Å². The molecule has 0 aliphatic carbocycles. The Bertz CT molecular complexity index is 481. The zero-order chi connectivity index (χ0) is 15.8. The lowest BCUT2D eigenvalue weighted by Crippen LogP contribution is -2.40. The summed E-state index contributed by atoms with van der Waals surface area (Å²) in [6.45, 7) is 2.54. The second-order valence-corrected chi connectivity index (χ2v) is 5.53. The molecule has 1 aromatic rings. The van der Waals surface area contributed by atoms with Gasteiger partial charge in [0, 0.05) is 0 Å². The highest BCUT2D eigenvalue weighted by molar-refractivity contribution is 5.81. The lowest BCUT2D eigenvalue weighted by Gasteiger charge is -2.18. The largest absolute Gasteiger partial charge is 0.458 e. The van der Waals surface area contributed by atoms with Gasteiger partial charge < -0.3 is 14.8 Å². The van der Waals surface area contributed by atoms with Crippen LogP contribution in [0.5, 0.6) is 0 Å². The molecule has 0 saturated carbocycles. The summed E-state index contributed by atoms with van der Waals surface area (Å²) in [7, 11) is 0. The number of rotatable bonds is 5. The van der Waals surface area contributed by atoms with Crippen molar-refractivity contribution in [2.45, 2.75) is 51.4 Å². The first-order chi connectivity index (χ1) is 10.7. The fourth-order valence-corrected chi connectivity index (χ4v) is 2.38. The molecule has 22 heavy (non-hydrogen) atoms. The number of hydrogen-bond donors (Lipinski definition) is 1. The van der Waals surface area contributed by atoms with Gasteiger partial charge in [-0.05, 0) is 31.9 Å². The van der Waals surface area contributed by atoms with E-state index in [2.05, 4.69) is 5.32 Å². The molecule has 0 spiro atoms. The van der Waals surface area contributed by atoms with Gasteiger partial charge in [0.1, 0.15) is 12.6 Å². The second kappa shape index (κ2) is 8.54. The fourth-order valence-electron chi connectivity index (χ4n) is 2.38. The Morgan fingerprint density at radius 1 is 1.23 bits per heavy atom. The zero-order valence-electron chi connectivity index (χ0n) is 12.9. The van der Waals surface area contributed by atoms with Gasteiger partial charge in [-0.25, -0.2) is 4.79 Å². The van der Waals surface area contributed by atoms with Crippen LogP contribution in [0, 0.1) is 0 Å². The molecule has 5 heteroatoms. The normalized spacial score (nSPS) is 19.8. The van der Waals surface area contributed by atoms with Crippen LogP contribution in [0.2, 0.25) is 0 Å². The molecular formula is C17H23NO4. The molecule has 2 atom stereocenters. The van der Waals surface area contributed by atoms with Gasteiger partial charge in [0.25, 0.3) is 0 Å². The van der Waals surface area contributed by atoms with E-state index in [9.17, 15) is 9.59 Å². The Hall–Kier alpha value is -1.88. The molecule has 1 aliphatic rings. The quantitative estimate of drug-likeness (QED) is 0.845. The summed E-state index contributed by atoms with van der Waals surface area (Å²) in [6, 6.07) is 9.09. The molecule has 5 nitrogen and oxygen atoms in total. The number of carbonyl (C=O) groups is 2. The predicted octanol–water partition coefficient (Wildman–Crippen LogP) is 2.19. The monoisotopic (exact) mass is 305 g/mol. The van der Waals surface area contributed by atoms with Crippen molar-refractivity contribution in [1.29, 1.82) is 0 Å². The van der Waals surface area contributed by atoms with Crippen molar-refractivity contribution >= 4 is 11.9 Å². The van der Waals surface area contributed by atoms with Gasteiger partial charge in [0.05, 0.1) is 0 Å². The molecule has 1 aromatic carbocycles. The summed E-state index contributed by atoms with van der Waals surface area (Å²) < 4.78 is 10.4. The Labute approximate surface area is 131 Å². The third-order valence-corrected chi connectivity index (χ3v) is 3.69. The molecule has 2 rings (SSSR count). The van der Waals surface area contributed by atoms with Crippen LogP contribution >= 0.6 is 0 Å². The molecule has 0 amide bonds. The lowest BCUT2D eigenvalue weighted by atomic mass is 10.1. The summed E-state index contributed by atoms with van der Waals surface area (Å²) in [5.41, 5.74) is 0.903. The summed E-state index contributed by atoms with van der Waals surface area (Å²) in [5.74, 6) is -0.892. The number of hydrogen-bond acceptors (Lipinski definition) is 5. The number of benzene rings is 1. The molecule has 0 unspecified atom stereocenters. The zero-order valence-corrected chi connectivity index (χ0v) is 12.9. The van der Waals surface area contributed by atoms with Crippen molar-refractivity contribution in [2.75, 3.05) is 6.54 Å². The van der Waals surface area contributed by atoms with Crippen molar-refractivity contribution in [2.24, 2.45) is 0 Å². The van der Waals surface area contributed by atoms with Crippen LogP contribution in [0.25, 0.3) is 0 Å². The van der Waals surface area contributed by atoms with E-state index in [0.29, 0.717) is 0 Å². The Kier molecular flexibility index (Phi) is 6.40. The van der Waals surface area contributed by atoms with Crippen LogP contribution in [0.15, 0.2) is 30.3 Å². The van der Waals surface area contributed by atoms with Crippen LogP contribution in [-0.4, -0.2) is 30.6 Å². The fraction of sp³-hybridized carbons (Fsp3) is 0.529. The highest BCUT2D eigenvalue weighted by Gasteiger charge is 2.26. The van der Waals surface area contributed by atoms with Gasteiger partial charge in [-0.15, -0.1) is 0 Å². The maximum atomic E-state index is 12.0. The van der Waals surface area contributed by atoms with Crippen LogP contribution in [0.4, 0.5) is 0 Å². The Balaban J connectivity index is 1.76. The van der Waals surface area contributed by atoms with Gasteiger partial charge in [0.15, 0.2) is 6.10 Å². The average molecular weight is 305 g/mol. The Morgan fingerprint density at radius 2 is 2.00 bits per heavy atom. The molecule has 1 fully saturated rings. The van der Waals surface area contributed by atoms with E-state index in [1.54, 1.807) is 6.92 Å². The number of carbonyl (C=O) groups excluding carboxylic acids is 2. The van der Waals surface area contributed by atoms with Crippen molar-refractivity contribution in [3.63, 3.8) is 0 Å². The van der Waals surface area contributed by atoms with Crippen LogP contribution in [-0.2, 0) is 25.7 Å². The molecule has 0 bridgehead atoms. The number of ether oxygens (including phenoxy) is 2. The second-order valence-electron chi connectivity index (χ2n) is 5.53. The minimum absolute atomic E-state index is 0.184. The molecule has 120 valence electrons.